The van der Waals surface area contributed by atoms with Crippen molar-refractivity contribution in [2.45, 2.75) is 14.7 Å². The molecular weight excluding hydrogens is 782 g/mol. The number of hydrogen-bond acceptors (Lipinski definition) is 12. The van der Waals surface area contributed by atoms with Gasteiger partial charge in [0.25, 0.3) is 30.4 Å². The second-order valence-electron chi connectivity index (χ2n) is 10.7. The van der Waals surface area contributed by atoms with Gasteiger partial charge in [0, 0.05) is 99.4 Å². The van der Waals surface area contributed by atoms with Crippen molar-refractivity contribution in [2.75, 3.05) is 0 Å². The molecule has 0 fully saturated rings. The van der Waals surface area contributed by atoms with Crippen LogP contribution in [0, 0.1) is 0 Å². The van der Waals surface area contributed by atoms with Crippen molar-refractivity contribution in [1.82, 2.24) is 0 Å². The molecule has 3 radical (unpaired) electrons. The van der Waals surface area contributed by atoms with Crippen LogP contribution in [0.3, 0.4) is 0 Å². The molecule has 257 valence electrons. The van der Waals surface area contributed by atoms with Gasteiger partial charge in [0.15, 0.2) is 5.75 Å². The molecule has 53 heavy (non-hydrogen) atoms. The Kier molecular flexibility index (Phi) is 14.7. The van der Waals surface area contributed by atoms with Crippen LogP contribution >= 0.6 is 0 Å². The molecule has 0 saturated heterocycles. The topological polar surface area (TPSA) is 253 Å². The Hall–Kier alpha value is -2.63. The second kappa shape index (κ2) is 17.4. The Bertz CT molecular complexity index is 2750. The summed E-state index contributed by atoms with van der Waals surface area (Å²) >= 11 is 0. The summed E-state index contributed by atoms with van der Waals surface area (Å²) in [4.78, 5) is -3.32. The smallest absolute Gasteiger partial charge is 0.296 e. The summed E-state index contributed by atoms with van der Waals surface area (Å²) in [6.07, 6.45) is 0. The predicted octanol–water partition coefficient (Wildman–Crippen LogP) is 6.50. The van der Waals surface area contributed by atoms with Gasteiger partial charge in [0.05, 0.1) is 16.3 Å². The minimum atomic E-state index is -5.27. The fraction of sp³-hybridized carbons (Fsp3) is 0. The number of aromatic hydroxyl groups is 2. The Morgan fingerprint density at radius 1 is 0.472 bits per heavy atom. The van der Waals surface area contributed by atoms with Gasteiger partial charge in [-0.25, -0.2) is 0 Å². The number of rotatable bonds is 8. The van der Waals surface area contributed by atoms with Crippen molar-refractivity contribution >= 4 is 163 Å². The van der Waals surface area contributed by atoms with Crippen molar-refractivity contribution in [3.8, 4) is 22.6 Å². The molecule has 0 amide bonds. The number of fused-ring (bicyclic) bond motifs is 2. The van der Waals surface area contributed by atoms with E-state index in [0.29, 0.717) is 29.6 Å². The molecule has 0 spiro atoms. The van der Waals surface area contributed by atoms with Crippen LogP contribution in [0.1, 0.15) is 0 Å². The minimum Gasteiger partial charge on any atom is -0.506 e. The fourth-order valence-corrected chi connectivity index (χ4v) is 7.10. The Morgan fingerprint density at radius 3 is 1.49 bits per heavy atom. The summed E-state index contributed by atoms with van der Waals surface area (Å²) in [5.41, 5.74) is 1.55. The van der Waals surface area contributed by atoms with Gasteiger partial charge in [0.1, 0.15) is 26.9 Å². The maximum Gasteiger partial charge on any atom is 0.296 e. The van der Waals surface area contributed by atoms with Gasteiger partial charge < -0.3 is 10.2 Å². The van der Waals surface area contributed by atoms with E-state index in [-0.39, 0.29) is 100 Å². The standard InChI is InChI=1S/C32H22N4O11S3.3Na/c37-26-14-9-20-3-1-2-4-25(20)30(26)35-33-22-10-5-18(6-11-22)19-7-12-23(13-8-19)34-36-31-28(50(45,46)47)16-21-15-24(48(39,40)41)17-27(49(42,43)44)29(21)32(31)38;;;/h1-17,37-38H,(H,39,40,41)(H,42,43,44)(H,45,46,47);;;. The van der Waals surface area contributed by atoms with Gasteiger partial charge in [0.2, 0.25) is 0 Å². The zero-order valence-corrected chi connectivity index (χ0v) is 36.5. The van der Waals surface area contributed by atoms with Gasteiger partial charge in [-0.3, -0.25) is 13.7 Å². The summed E-state index contributed by atoms with van der Waals surface area (Å²) < 4.78 is 101. The molecule has 6 aromatic rings. The SMILES string of the molecule is O=S(=O)(O)c1cc(S(=O)(=O)O)c2c(O)c(N=Nc3ccc(-c4ccc(N=Nc5c(O)ccc6ccccc56)cc4)cc3)c(S(=O)(=O)O)cc2c1.[Na].[Na].[Na]. The number of phenols is 2. The summed E-state index contributed by atoms with van der Waals surface area (Å²) in [6, 6.07) is 25.6. The van der Waals surface area contributed by atoms with Crippen molar-refractivity contribution in [1.29, 1.82) is 0 Å². The normalized spacial score (nSPS) is 12.1. The summed E-state index contributed by atoms with van der Waals surface area (Å²) in [5.74, 6) is -1.19. The van der Waals surface area contributed by atoms with Crippen molar-refractivity contribution in [3.63, 3.8) is 0 Å². The number of hydrogen-bond donors (Lipinski definition) is 5. The minimum absolute atomic E-state index is 0. The third-order valence-corrected chi connectivity index (χ3v) is 10.00. The van der Waals surface area contributed by atoms with E-state index in [1.54, 1.807) is 48.5 Å². The van der Waals surface area contributed by atoms with E-state index in [1.165, 1.54) is 12.1 Å². The van der Waals surface area contributed by atoms with E-state index in [0.717, 1.165) is 21.9 Å². The average Bonchev–Trinajstić information content (AvgIpc) is 3.06. The van der Waals surface area contributed by atoms with E-state index in [9.17, 15) is 49.1 Å². The molecule has 0 aliphatic carbocycles. The van der Waals surface area contributed by atoms with Crippen LogP contribution in [0.2, 0.25) is 0 Å². The van der Waals surface area contributed by atoms with Crippen molar-refractivity contribution < 1.29 is 49.1 Å². The van der Waals surface area contributed by atoms with Crippen molar-refractivity contribution in [2.24, 2.45) is 20.5 Å². The van der Waals surface area contributed by atoms with Crippen LogP contribution in [0.5, 0.6) is 11.5 Å². The molecule has 6 rings (SSSR count). The van der Waals surface area contributed by atoms with E-state index in [1.807, 2.05) is 24.3 Å². The molecule has 0 heterocycles. The molecule has 21 heteroatoms. The summed E-state index contributed by atoms with van der Waals surface area (Å²) in [5, 5.41) is 37.6. The molecule has 6 aromatic carbocycles. The quantitative estimate of drug-likeness (QED) is 0.0631. The molecule has 0 aliphatic rings. The monoisotopic (exact) mass is 803 g/mol. The fourth-order valence-electron chi connectivity index (χ4n) is 5.07. The summed E-state index contributed by atoms with van der Waals surface area (Å²) in [6.45, 7) is 0. The number of azo groups is 2. The van der Waals surface area contributed by atoms with Gasteiger partial charge in [-0.1, -0.05) is 54.6 Å². The first-order chi connectivity index (χ1) is 23.5. The maximum absolute atomic E-state index is 12.2. The molecular formula is C32H22N4Na3O11S3. The summed E-state index contributed by atoms with van der Waals surface area (Å²) in [7, 11) is -15.5. The van der Waals surface area contributed by atoms with Crippen molar-refractivity contribution in [3.05, 3.63) is 103 Å². The molecule has 0 aliphatic heterocycles. The van der Waals surface area contributed by atoms with E-state index >= 15 is 0 Å². The number of benzene rings is 6. The molecule has 15 nitrogen and oxygen atoms in total. The van der Waals surface area contributed by atoms with Crippen LogP contribution < -0.4 is 0 Å². The maximum atomic E-state index is 12.2. The van der Waals surface area contributed by atoms with E-state index in [4.69, 9.17) is 0 Å². The van der Waals surface area contributed by atoms with Crippen LogP contribution in [-0.4, -0.2) is 138 Å². The zero-order valence-electron chi connectivity index (χ0n) is 28.0. The zero-order chi connectivity index (χ0) is 36.0. The first kappa shape index (κ1) is 44.8. The molecule has 0 aromatic heterocycles. The number of nitrogens with zero attached hydrogens (tertiary/aromatic N) is 4. The molecule has 0 saturated carbocycles. The van der Waals surface area contributed by atoms with Crippen LogP contribution in [0.25, 0.3) is 32.7 Å². The van der Waals surface area contributed by atoms with Gasteiger partial charge in [-0.05, 0) is 70.4 Å². The Morgan fingerprint density at radius 2 is 0.981 bits per heavy atom. The van der Waals surface area contributed by atoms with Gasteiger partial charge in [-0.2, -0.15) is 35.5 Å². The first-order valence-electron chi connectivity index (χ1n) is 14.0. The number of phenolic OH excluding ortho intramolecular Hbond substituents is 2. The third-order valence-electron chi connectivity index (χ3n) is 7.42. The third kappa shape index (κ3) is 9.98. The molecule has 0 bridgehead atoms. The molecule has 0 atom stereocenters. The second-order valence-corrected chi connectivity index (χ2v) is 14.9. The van der Waals surface area contributed by atoms with E-state index < -0.39 is 67.3 Å². The van der Waals surface area contributed by atoms with Gasteiger partial charge >= 0.3 is 0 Å². The van der Waals surface area contributed by atoms with Crippen LogP contribution in [0.15, 0.2) is 138 Å². The van der Waals surface area contributed by atoms with Crippen LogP contribution in [-0.2, 0) is 30.4 Å². The largest absolute Gasteiger partial charge is 0.506 e. The molecule has 5 N–H and O–H groups in total. The van der Waals surface area contributed by atoms with Gasteiger partial charge in [-0.15, -0.1) is 10.2 Å². The Balaban J connectivity index is 0.00000252. The molecule has 0 unspecified atom stereocenters. The first-order valence-corrected chi connectivity index (χ1v) is 18.3. The van der Waals surface area contributed by atoms with Crippen LogP contribution in [0.4, 0.5) is 22.7 Å². The van der Waals surface area contributed by atoms with E-state index in [2.05, 4.69) is 20.5 Å². The Labute approximate surface area is 369 Å². The average molecular weight is 804 g/mol. The predicted molar refractivity (Wildman–Crippen MR) is 198 cm³/mol.